The van der Waals surface area contributed by atoms with Crippen LogP contribution in [0.3, 0.4) is 0 Å². The van der Waals surface area contributed by atoms with Crippen LogP contribution in [0.1, 0.15) is 60.5 Å². The van der Waals surface area contributed by atoms with Gasteiger partial charge in [-0.05, 0) is 57.2 Å². The average Bonchev–Trinajstić information content (AvgIpc) is 3.25. The van der Waals surface area contributed by atoms with E-state index in [1.54, 1.807) is 6.07 Å². The molecule has 114 valence electrons. The van der Waals surface area contributed by atoms with Crippen LogP contribution in [-0.4, -0.2) is 21.4 Å². The topological polar surface area (TPSA) is 68.8 Å². The predicted molar refractivity (Wildman–Crippen MR) is 81.0 cm³/mol. The smallest absolute Gasteiger partial charge is 0.203 e. The van der Waals surface area contributed by atoms with E-state index < -0.39 is 0 Å². The Bertz CT molecular complexity index is 685. The van der Waals surface area contributed by atoms with Gasteiger partial charge in [-0.15, -0.1) is 0 Å². The van der Waals surface area contributed by atoms with Gasteiger partial charge in [0.2, 0.25) is 5.76 Å². The highest BCUT2D eigenvalue weighted by Crippen LogP contribution is 2.33. The monoisotopic (exact) mass is 296 g/mol. The molecule has 1 aliphatic carbocycles. The third-order valence-corrected chi connectivity index (χ3v) is 4.78. The van der Waals surface area contributed by atoms with E-state index in [-0.39, 0.29) is 0 Å². The summed E-state index contributed by atoms with van der Waals surface area (Å²) in [5.41, 5.74) is 2.62. The van der Waals surface area contributed by atoms with Crippen molar-refractivity contribution in [1.82, 2.24) is 14.9 Å². The van der Waals surface area contributed by atoms with Gasteiger partial charge in [0, 0.05) is 5.69 Å². The number of fused-ring (bicyclic) bond motifs is 1. The summed E-state index contributed by atoms with van der Waals surface area (Å²) < 4.78 is 5.53. The van der Waals surface area contributed by atoms with Crippen molar-refractivity contribution in [1.29, 1.82) is 5.26 Å². The number of likely N-dealkylation sites (tertiary alicyclic amines) is 1. The van der Waals surface area contributed by atoms with E-state index in [1.165, 1.54) is 30.7 Å². The SMILES string of the molecule is N#Cc1ccc(CN2CCC[C@@H]2c2nc3c([nH]2)CCCC3)o1. The summed E-state index contributed by atoms with van der Waals surface area (Å²) in [5.74, 6) is 2.37. The molecule has 2 aliphatic rings. The first-order valence-electron chi connectivity index (χ1n) is 8.14. The quantitative estimate of drug-likeness (QED) is 0.945. The third-order valence-electron chi connectivity index (χ3n) is 4.78. The number of nitrogens with zero attached hydrogens (tertiary/aromatic N) is 3. The van der Waals surface area contributed by atoms with Crippen LogP contribution in [0.25, 0.3) is 0 Å². The summed E-state index contributed by atoms with van der Waals surface area (Å²) in [6.07, 6.45) is 7.10. The minimum Gasteiger partial charge on any atom is -0.449 e. The second kappa shape index (κ2) is 5.62. The molecule has 0 aromatic carbocycles. The first-order chi connectivity index (χ1) is 10.8. The zero-order chi connectivity index (χ0) is 14.9. The van der Waals surface area contributed by atoms with Gasteiger partial charge < -0.3 is 9.40 Å². The van der Waals surface area contributed by atoms with Crippen LogP contribution < -0.4 is 0 Å². The highest BCUT2D eigenvalue weighted by molar-refractivity contribution is 5.21. The summed E-state index contributed by atoms with van der Waals surface area (Å²) in [6, 6.07) is 6.04. The molecule has 22 heavy (non-hydrogen) atoms. The zero-order valence-corrected chi connectivity index (χ0v) is 12.6. The molecule has 1 N–H and O–H groups in total. The van der Waals surface area contributed by atoms with E-state index >= 15 is 0 Å². The Hall–Kier alpha value is -2.06. The average molecular weight is 296 g/mol. The Morgan fingerprint density at radius 2 is 2.23 bits per heavy atom. The Morgan fingerprint density at radius 3 is 3.05 bits per heavy atom. The molecular weight excluding hydrogens is 276 g/mol. The fraction of sp³-hybridized carbons (Fsp3) is 0.529. The normalized spacial score (nSPS) is 21.7. The molecule has 5 heteroatoms. The molecule has 0 spiro atoms. The zero-order valence-electron chi connectivity index (χ0n) is 12.6. The highest BCUT2D eigenvalue weighted by atomic mass is 16.3. The van der Waals surface area contributed by atoms with E-state index in [4.69, 9.17) is 14.7 Å². The van der Waals surface area contributed by atoms with Crippen LogP contribution >= 0.6 is 0 Å². The van der Waals surface area contributed by atoms with E-state index in [0.29, 0.717) is 11.8 Å². The number of aryl methyl sites for hydroxylation is 2. The lowest BCUT2D eigenvalue weighted by Crippen LogP contribution is -2.23. The highest BCUT2D eigenvalue weighted by Gasteiger charge is 2.30. The minimum absolute atomic E-state index is 0.348. The summed E-state index contributed by atoms with van der Waals surface area (Å²) in [7, 11) is 0. The molecule has 5 nitrogen and oxygen atoms in total. The number of hydrogen-bond acceptors (Lipinski definition) is 4. The van der Waals surface area contributed by atoms with Crippen molar-refractivity contribution in [3.63, 3.8) is 0 Å². The summed E-state index contributed by atoms with van der Waals surface area (Å²) >= 11 is 0. The lowest BCUT2D eigenvalue weighted by Gasteiger charge is -2.21. The number of H-pyrrole nitrogens is 1. The maximum atomic E-state index is 8.86. The van der Waals surface area contributed by atoms with E-state index in [2.05, 4.69) is 9.88 Å². The molecule has 0 amide bonds. The van der Waals surface area contributed by atoms with Crippen molar-refractivity contribution in [3.8, 4) is 6.07 Å². The molecule has 4 rings (SSSR count). The molecule has 1 atom stereocenters. The summed E-state index contributed by atoms with van der Waals surface area (Å²) in [5, 5.41) is 8.86. The fourth-order valence-corrected chi connectivity index (χ4v) is 3.68. The van der Waals surface area contributed by atoms with Crippen molar-refractivity contribution >= 4 is 0 Å². The predicted octanol–water partition coefficient (Wildman–Crippen LogP) is 3.09. The number of nitrogens with one attached hydrogen (secondary N) is 1. The minimum atomic E-state index is 0.348. The first-order valence-corrected chi connectivity index (χ1v) is 8.14. The molecular formula is C17H20N4O. The molecule has 1 saturated heterocycles. The Kier molecular flexibility index (Phi) is 3.47. The van der Waals surface area contributed by atoms with Crippen molar-refractivity contribution < 1.29 is 4.42 Å². The fourth-order valence-electron chi connectivity index (χ4n) is 3.68. The van der Waals surface area contributed by atoms with Gasteiger partial charge in [0.15, 0.2) is 0 Å². The Balaban J connectivity index is 1.53. The van der Waals surface area contributed by atoms with Gasteiger partial charge in [-0.25, -0.2) is 4.98 Å². The van der Waals surface area contributed by atoms with E-state index in [1.807, 2.05) is 12.1 Å². The molecule has 3 heterocycles. The molecule has 0 unspecified atom stereocenters. The maximum Gasteiger partial charge on any atom is 0.203 e. The van der Waals surface area contributed by atoms with Crippen molar-refractivity contribution in [3.05, 3.63) is 40.9 Å². The number of imidazole rings is 1. The number of aromatic nitrogens is 2. The first kappa shape index (κ1) is 13.6. The van der Waals surface area contributed by atoms with Crippen LogP contribution in [0.15, 0.2) is 16.5 Å². The van der Waals surface area contributed by atoms with Gasteiger partial charge in [-0.1, -0.05) is 0 Å². The largest absolute Gasteiger partial charge is 0.449 e. The number of nitriles is 1. The van der Waals surface area contributed by atoms with Crippen LogP contribution in [-0.2, 0) is 19.4 Å². The van der Waals surface area contributed by atoms with Crippen LogP contribution in [0.4, 0.5) is 0 Å². The van der Waals surface area contributed by atoms with Gasteiger partial charge in [0.05, 0.1) is 18.3 Å². The van der Waals surface area contributed by atoms with Gasteiger partial charge in [-0.3, -0.25) is 4.90 Å². The molecule has 0 radical (unpaired) electrons. The van der Waals surface area contributed by atoms with Crippen molar-refractivity contribution in [2.75, 3.05) is 6.54 Å². The number of hydrogen-bond donors (Lipinski definition) is 1. The van der Waals surface area contributed by atoms with Gasteiger partial charge in [0.25, 0.3) is 0 Å². The Morgan fingerprint density at radius 1 is 1.32 bits per heavy atom. The molecule has 1 aliphatic heterocycles. The molecule has 1 fully saturated rings. The van der Waals surface area contributed by atoms with Gasteiger partial charge >= 0.3 is 0 Å². The van der Waals surface area contributed by atoms with Crippen molar-refractivity contribution in [2.24, 2.45) is 0 Å². The Labute approximate surface area is 130 Å². The lowest BCUT2D eigenvalue weighted by molar-refractivity contribution is 0.221. The summed E-state index contributed by atoms with van der Waals surface area (Å²) in [6.45, 7) is 1.80. The van der Waals surface area contributed by atoms with Gasteiger partial charge in [0.1, 0.15) is 17.7 Å². The standard InChI is InChI=1S/C17H20N4O/c18-10-12-7-8-13(22-12)11-21-9-3-6-16(21)17-19-14-4-1-2-5-15(14)20-17/h7-8,16H,1-6,9,11H2,(H,19,20)/t16-/m1/s1. The molecule has 2 aromatic rings. The molecule has 0 saturated carbocycles. The van der Waals surface area contributed by atoms with Crippen LogP contribution in [0.2, 0.25) is 0 Å². The number of rotatable bonds is 3. The van der Waals surface area contributed by atoms with E-state index in [0.717, 1.165) is 43.9 Å². The van der Waals surface area contributed by atoms with Crippen LogP contribution in [0, 0.1) is 11.3 Å². The van der Waals surface area contributed by atoms with Gasteiger partial charge in [-0.2, -0.15) is 5.26 Å². The van der Waals surface area contributed by atoms with Crippen LogP contribution in [0.5, 0.6) is 0 Å². The number of furan rings is 1. The molecule has 2 aromatic heterocycles. The second-order valence-corrected chi connectivity index (χ2v) is 6.26. The number of aromatic amines is 1. The second-order valence-electron chi connectivity index (χ2n) is 6.26. The summed E-state index contributed by atoms with van der Waals surface area (Å²) in [4.78, 5) is 10.8. The lowest BCUT2D eigenvalue weighted by atomic mass is 10.0. The van der Waals surface area contributed by atoms with Crippen molar-refractivity contribution in [2.45, 2.75) is 51.1 Å². The van der Waals surface area contributed by atoms with E-state index in [9.17, 15) is 0 Å². The molecule has 0 bridgehead atoms. The third kappa shape index (κ3) is 2.44. The maximum absolute atomic E-state index is 8.86.